The fourth-order valence-corrected chi connectivity index (χ4v) is 3.87. The molecule has 0 unspecified atom stereocenters. The number of anilines is 2. The maximum Gasteiger partial charge on any atom is 0.282 e. The minimum atomic E-state index is -0.415. The molecule has 2 amide bonds. The summed E-state index contributed by atoms with van der Waals surface area (Å²) in [6.45, 7) is 5.85. The van der Waals surface area contributed by atoms with E-state index in [1.54, 1.807) is 38.5 Å². The standard InChI is InChI=1S/C27H26N2O4/c1-16-9-11-19(12-10-16)24-25(28-21-14-13-20(32-4)15-23(21)33-5)27(31)29(26(24)30)22-8-6-7-17(2)18(22)3/h6-15,28H,1-5H3. The van der Waals surface area contributed by atoms with Crippen LogP contribution in [-0.4, -0.2) is 26.0 Å². The summed E-state index contributed by atoms with van der Waals surface area (Å²) < 4.78 is 10.8. The van der Waals surface area contributed by atoms with Crippen LogP contribution < -0.4 is 19.7 Å². The zero-order chi connectivity index (χ0) is 23.7. The van der Waals surface area contributed by atoms with Gasteiger partial charge in [0.1, 0.15) is 17.2 Å². The summed E-state index contributed by atoms with van der Waals surface area (Å²) in [5, 5.41) is 3.18. The van der Waals surface area contributed by atoms with Crippen LogP contribution in [0.1, 0.15) is 22.3 Å². The first kappa shape index (κ1) is 22.1. The number of carbonyl (C=O) groups excluding carboxylic acids is 2. The minimum absolute atomic E-state index is 0.202. The zero-order valence-electron chi connectivity index (χ0n) is 19.4. The summed E-state index contributed by atoms with van der Waals surface area (Å²) in [7, 11) is 3.11. The first-order chi connectivity index (χ1) is 15.8. The average Bonchev–Trinajstić information content (AvgIpc) is 3.06. The molecular formula is C27H26N2O4. The van der Waals surface area contributed by atoms with E-state index in [0.717, 1.165) is 16.7 Å². The highest BCUT2D eigenvalue weighted by Gasteiger charge is 2.41. The molecule has 0 fully saturated rings. The Morgan fingerprint density at radius 2 is 1.55 bits per heavy atom. The van der Waals surface area contributed by atoms with E-state index in [0.29, 0.717) is 34.0 Å². The first-order valence-corrected chi connectivity index (χ1v) is 10.6. The Kier molecular flexibility index (Phi) is 5.92. The van der Waals surface area contributed by atoms with Crippen LogP contribution in [0.3, 0.4) is 0 Å². The highest BCUT2D eigenvalue weighted by Crippen LogP contribution is 2.38. The maximum absolute atomic E-state index is 13.7. The molecule has 4 rings (SSSR count). The van der Waals surface area contributed by atoms with E-state index in [1.165, 1.54) is 4.90 Å². The number of benzene rings is 3. The van der Waals surface area contributed by atoms with Gasteiger partial charge in [-0.3, -0.25) is 9.59 Å². The van der Waals surface area contributed by atoms with Crippen molar-refractivity contribution in [3.63, 3.8) is 0 Å². The third kappa shape index (κ3) is 3.96. The Bertz CT molecular complexity index is 1280. The van der Waals surface area contributed by atoms with Crippen molar-refractivity contribution in [2.45, 2.75) is 20.8 Å². The number of amides is 2. The van der Waals surface area contributed by atoms with Crippen LogP contribution in [0.25, 0.3) is 5.57 Å². The number of nitrogens with one attached hydrogen (secondary N) is 1. The summed E-state index contributed by atoms with van der Waals surface area (Å²) >= 11 is 0. The van der Waals surface area contributed by atoms with Gasteiger partial charge in [-0.1, -0.05) is 42.0 Å². The van der Waals surface area contributed by atoms with E-state index in [2.05, 4.69) is 5.32 Å². The van der Waals surface area contributed by atoms with Gasteiger partial charge in [0.15, 0.2) is 0 Å². The maximum atomic E-state index is 13.7. The van der Waals surface area contributed by atoms with Crippen molar-refractivity contribution in [3.8, 4) is 11.5 Å². The van der Waals surface area contributed by atoms with Gasteiger partial charge in [-0.05, 0) is 55.7 Å². The quantitative estimate of drug-likeness (QED) is 0.543. The Morgan fingerprint density at radius 3 is 2.21 bits per heavy atom. The lowest BCUT2D eigenvalue weighted by atomic mass is 10.0. The Labute approximate surface area is 193 Å². The number of aryl methyl sites for hydroxylation is 2. The van der Waals surface area contributed by atoms with Crippen molar-refractivity contribution in [1.29, 1.82) is 0 Å². The molecule has 0 aromatic heterocycles. The third-order valence-corrected chi connectivity index (χ3v) is 5.91. The Balaban J connectivity index is 1.86. The number of hydrogen-bond acceptors (Lipinski definition) is 5. The Morgan fingerprint density at radius 1 is 0.818 bits per heavy atom. The van der Waals surface area contributed by atoms with Crippen LogP contribution in [-0.2, 0) is 9.59 Å². The highest BCUT2D eigenvalue weighted by atomic mass is 16.5. The molecule has 0 atom stereocenters. The van der Waals surface area contributed by atoms with Crippen LogP contribution in [0.4, 0.5) is 11.4 Å². The van der Waals surface area contributed by atoms with E-state index < -0.39 is 5.91 Å². The lowest BCUT2D eigenvalue weighted by Gasteiger charge is -2.19. The van der Waals surface area contributed by atoms with Gasteiger partial charge in [-0.2, -0.15) is 0 Å². The van der Waals surface area contributed by atoms with Gasteiger partial charge in [0, 0.05) is 6.07 Å². The average molecular weight is 443 g/mol. The summed E-state index contributed by atoms with van der Waals surface area (Å²) in [5.74, 6) is 0.334. The van der Waals surface area contributed by atoms with Gasteiger partial charge in [-0.15, -0.1) is 0 Å². The second kappa shape index (κ2) is 8.82. The molecule has 1 N–H and O–H groups in total. The van der Waals surface area contributed by atoms with Gasteiger partial charge in [0.05, 0.1) is 31.2 Å². The number of methoxy groups -OCH3 is 2. The van der Waals surface area contributed by atoms with Crippen LogP contribution >= 0.6 is 0 Å². The molecule has 6 nitrogen and oxygen atoms in total. The minimum Gasteiger partial charge on any atom is -0.497 e. The molecule has 0 saturated heterocycles. The summed E-state index contributed by atoms with van der Waals surface area (Å²) in [6.07, 6.45) is 0. The van der Waals surface area contributed by atoms with Gasteiger partial charge in [0.2, 0.25) is 0 Å². The predicted octanol–water partition coefficient (Wildman–Crippen LogP) is 5.03. The van der Waals surface area contributed by atoms with E-state index >= 15 is 0 Å². The summed E-state index contributed by atoms with van der Waals surface area (Å²) in [4.78, 5) is 28.6. The topological polar surface area (TPSA) is 67.9 Å². The predicted molar refractivity (Wildman–Crippen MR) is 130 cm³/mol. The number of ether oxygens (including phenoxy) is 2. The monoisotopic (exact) mass is 442 g/mol. The van der Waals surface area contributed by atoms with Crippen LogP contribution in [0.5, 0.6) is 11.5 Å². The number of rotatable bonds is 6. The molecule has 3 aromatic carbocycles. The van der Waals surface area contributed by atoms with Crippen molar-refractivity contribution in [3.05, 3.63) is 88.6 Å². The van der Waals surface area contributed by atoms with E-state index in [1.807, 2.05) is 57.2 Å². The fourth-order valence-electron chi connectivity index (χ4n) is 3.87. The van der Waals surface area contributed by atoms with Crippen molar-refractivity contribution in [2.75, 3.05) is 24.4 Å². The second-order valence-corrected chi connectivity index (χ2v) is 7.97. The molecule has 1 aliphatic rings. The number of hydrogen-bond donors (Lipinski definition) is 1. The van der Waals surface area contributed by atoms with E-state index in [4.69, 9.17) is 9.47 Å². The van der Waals surface area contributed by atoms with E-state index in [9.17, 15) is 9.59 Å². The lowest BCUT2D eigenvalue weighted by molar-refractivity contribution is -0.120. The van der Waals surface area contributed by atoms with Crippen molar-refractivity contribution >= 4 is 28.8 Å². The normalized spacial score (nSPS) is 13.5. The largest absolute Gasteiger partial charge is 0.497 e. The van der Waals surface area contributed by atoms with Gasteiger partial charge in [-0.25, -0.2) is 4.90 Å². The molecule has 3 aromatic rings. The zero-order valence-corrected chi connectivity index (χ0v) is 19.4. The number of carbonyl (C=O) groups is 2. The molecule has 6 heteroatoms. The molecule has 33 heavy (non-hydrogen) atoms. The SMILES string of the molecule is COc1ccc(NC2=C(c3ccc(C)cc3)C(=O)N(c3cccc(C)c3C)C2=O)c(OC)c1. The smallest absolute Gasteiger partial charge is 0.282 e. The number of imide groups is 1. The summed E-state index contributed by atoms with van der Waals surface area (Å²) in [5.41, 5.74) is 5.27. The van der Waals surface area contributed by atoms with Crippen LogP contribution in [0, 0.1) is 20.8 Å². The van der Waals surface area contributed by atoms with Gasteiger partial charge in [0.25, 0.3) is 11.8 Å². The van der Waals surface area contributed by atoms with Crippen molar-refractivity contribution < 1.29 is 19.1 Å². The van der Waals surface area contributed by atoms with E-state index in [-0.39, 0.29) is 11.6 Å². The second-order valence-electron chi connectivity index (χ2n) is 7.97. The Hall–Kier alpha value is -4.06. The fraction of sp³-hybridized carbons (Fsp3) is 0.185. The molecule has 0 saturated carbocycles. The molecule has 0 bridgehead atoms. The van der Waals surface area contributed by atoms with Gasteiger partial charge < -0.3 is 14.8 Å². The van der Waals surface area contributed by atoms with Crippen molar-refractivity contribution in [2.24, 2.45) is 0 Å². The molecule has 0 spiro atoms. The highest BCUT2D eigenvalue weighted by molar-refractivity contribution is 6.46. The molecule has 0 aliphatic carbocycles. The first-order valence-electron chi connectivity index (χ1n) is 10.6. The molecular weight excluding hydrogens is 416 g/mol. The van der Waals surface area contributed by atoms with Crippen molar-refractivity contribution in [1.82, 2.24) is 0 Å². The molecule has 1 heterocycles. The number of nitrogens with zero attached hydrogens (tertiary/aromatic N) is 1. The molecule has 0 radical (unpaired) electrons. The lowest BCUT2D eigenvalue weighted by Crippen LogP contribution is -2.33. The van der Waals surface area contributed by atoms with Crippen LogP contribution in [0.2, 0.25) is 0 Å². The van der Waals surface area contributed by atoms with Crippen LogP contribution in [0.15, 0.2) is 66.4 Å². The third-order valence-electron chi connectivity index (χ3n) is 5.91. The molecule has 1 aliphatic heterocycles. The molecule has 168 valence electrons. The summed E-state index contributed by atoms with van der Waals surface area (Å²) in [6, 6.07) is 18.4. The van der Waals surface area contributed by atoms with Gasteiger partial charge >= 0.3 is 0 Å².